The van der Waals surface area contributed by atoms with Gasteiger partial charge in [-0.15, -0.1) is 0 Å². The number of piperidine rings is 1. The van der Waals surface area contributed by atoms with Crippen molar-refractivity contribution in [2.24, 2.45) is 5.92 Å². The van der Waals surface area contributed by atoms with Crippen molar-refractivity contribution in [2.45, 2.75) is 88.0 Å². The topological polar surface area (TPSA) is 145 Å². The lowest BCUT2D eigenvalue weighted by molar-refractivity contribution is -0.313. The van der Waals surface area contributed by atoms with Gasteiger partial charge in [0.05, 0.1) is 14.2 Å². The molecule has 0 unspecified atom stereocenters. The van der Waals surface area contributed by atoms with E-state index in [0.717, 1.165) is 45.9 Å². The number of nitrogens with zero attached hydrogens (tertiary/aromatic N) is 1. The smallest absolute Gasteiger partial charge is 0.339 e. The normalized spacial score (nSPS) is 36.4. The van der Waals surface area contributed by atoms with Crippen LogP contribution >= 0.6 is 0 Å². The van der Waals surface area contributed by atoms with Crippen LogP contribution in [0.3, 0.4) is 0 Å². The largest absolute Gasteiger partial charge is 0.493 e. The predicted molar refractivity (Wildman–Crippen MR) is 149 cm³/mol. The Balaban J connectivity index is 1.41. The van der Waals surface area contributed by atoms with Gasteiger partial charge in [0.2, 0.25) is 6.29 Å². The number of esters is 4. The molecule has 0 saturated carbocycles. The van der Waals surface area contributed by atoms with Gasteiger partial charge in [-0.25, -0.2) is 4.79 Å². The summed E-state index contributed by atoms with van der Waals surface area (Å²) < 4.78 is 46.5. The molecule has 6 rings (SSSR count). The molecule has 2 fully saturated rings. The zero-order valence-electron chi connectivity index (χ0n) is 25.5. The molecule has 0 N–H and O–H groups in total. The van der Waals surface area contributed by atoms with Gasteiger partial charge in [-0.05, 0) is 38.1 Å². The molecular weight excluding hydrogens is 578 g/mol. The fraction of sp³-hybridized carbons (Fsp3) is 0.613. The number of carbonyl (C=O) groups excluding carboxylic acids is 4. The molecule has 13 nitrogen and oxygen atoms in total. The summed E-state index contributed by atoms with van der Waals surface area (Å²) in [6, 6.07) is 4.27. The van der Waals surface area contributed by atoms with E-state index in [9.17, 15) is 19.2 Å². The van der Waals surface area contributed by atoms with E-state index in [1.165, 1.54) is 12.5 Å². The molecule has 0 amide bonds. The predicted octanol–water partition coefficient (Wildman–Crippen LogP) is 1.22. The van der Waals surface area contributed by atoms with Gasteiger partial charge in [0, 0.05) is 43.7 Å². The zero-order valence-corrected chi connectivity index (χ0v) is 25.5. The van der Waals surface area contributed by atoms with Crippen LogP contribution in [0.5, 0.6) is 11.5 Å². The molecule has 0 radical (unpaired) electrons. The Kier molecular flexibility index (Phi) is 7.83. The summed E-state index contributed by atoms with van der Waals surface area (Å²) in [5, 5.41) is 0. The van der Waals surface area contributed by atoms with Crippen molar-refractivity contribution in [3.8, 4) is 11.5 Å². The van der Waals surface area contributed by atoms with Crippen LogP contribution in [0.2, 0.25) is 0 Å². The molecule has 13 heteroatoms. The lowest BCUT2D eigenvalue weighted by atomic mass is 9.53. The minimum Gasteiger partial charge on any atom is -0.493 e. The summed E-state index contributed by atoms with van der Waals surface area (Å²) >= 11 is 0. The van der Waals surface area contributed by atoms with Crippen molar-refractivity contribution in [1.29, 1.82) is 0 Å². The molecule has 1 spiro atoms. The molecule has 1 aromatic rings. The van der Waals surface area contributed by atoms with Crippen LogP contribution in [0.1, 0.15) is 38.3 Å². The van der Waals surface area contributed by atoms with Crippen molar-refractivity contribution in [3.63, 3.8) is 0 Å². The highest BCUT2D eigenvalue weighted by Crippen LogP contribution is 2.62. The van der Waals surface area contributed by atoms with Crippen LogP contribution in [0.25, 0.3) is 0 Å². The summed E-state index contributed by atoms with van der Waals surface area (Å²) in [5.74, 6) is -1.73. The van der Waals surface area contributed by atoms with E-state index in [1.54, 1.807) is 7.11 Å². The van der Waals surface area contributed by atoms with E-state index in [1.807, 2.05) is 12.1 Å². The van der Waals surface area contributed by atoms with Crippen molar-refractivity contribution < 1.29 is 57.1 Å². The van der Waals surface area contributed by atoms with Gasteiger partial charge in [0.15, 0.2) is 35.9 Å². The van der Waals surface area contributed by atoms with Crippen LogP contribution in [-0.4, -0.2) is 106 Å². The lowest BCUT2D eigenvalue weighted by Gasteiger charge is -2.57. The third-order valence-electron chi connectivity index (χ3n) is 9.46. The molecule has 10 atom stereocenters. The number of benzene rings is 1. The van der Waals surface area contributed by atoms with E-state index >= 15 is 0 Å². The van der Waals surface area contributed by atoms with Gasteiger partial charge in [0.1, 0.15) is 12.2 Å². The standard InChI is InChI=1S/C31H37NO12/c1-14(33)39-24-25(40-15(2)34)27(41-16(3)35)30(44-26(24)29(36)38-6)42-21-10-8-18-19-13-17-7-9-20(37-5)23-22(17)31(18,28(21)43-23)11-12-32(19)4/h7-10,18-19,21,24-28,30H,11-13H2,1-6H3/t18-,19+,21-,24-,25-,26-,27+,28-,30-,31-/m0/s1. The summed E-state index contributed by atoms with van der Waals surface area (Å²) in [6.07, 6.45) is -2.89. The molecule has 44 heavy (non-hydrogen) atoms. The molecule has 2 aliphatic carbocycles. The van der Waals surface area contributed by atoms with Crippen LogP contribution in [0.15, 0.2) is 24.3 Å². The Labute approximate surface area is 254 Å². The van der Waals surface area contributed by atoms with Gasteiger partial charge in [-0.1, -0.05) is 18.2 Å². The van der Waals surface area contributed by atoms with Crippen LogP contribution in [0, 0.1) is 5.92 Å². The Morgan fingerprint density at radius 2 is 1.61 bits per heavy atom. The summed E-state index contributed by atoms with van der Waals surface area (Å²) in [5.41, 5.74) is 1.88. The summed E-state index contributed by atoms with van der Waals surface area (Å²) in [6.45, 7) is 4.29. The van der Waals surface area contributed by atoms with Crippen molar-refractivity contribution in [3.05, 3.63) is 35.4 Å². The average Bonchev–Trinajstić information content (AvgIpc) is 3.32. The van der Waals surface area contributed by atoms with Gasteiger partial charge < -0.3 is 42.8 Å². The first-order valence-electron chi connectivity index (χ1n) is 14.7. The van der Waals surface area contributed by atoms with E-state index in [0.29, 0.717) is 11.5 Å². The highest BCUT2D eigenvalue weighted by atomic mass is 16.7. The highest BCUT2D eigenvalue weighted by molar-refractivity contribution is 5.77. The lowest BCUT2D eigenvalue weighted by Crippen LogP contribution is -2.67. The van der Waals surface area contributed by atoms with Gasteiger partial charge in [0.25, 0.3) is 0 Å². The monoisotopic (exact) mass is 615 g/mol. The maximum Gasteiger partial charge on any atom is 0.339 e. The zero-order chi connectivity index (χ0) is 31.5. The maximum atomic E-state index is 12.9. The number of hydrogen-bond donors (Lipinski definition) is 0. The Hall–Kier alpha value is -3.68. The Morgan fingerprint density at radius 3 is 2.27 bits per heavy atom. The van der Waals surface area contributed by atoms with Gasteiger partial charge in [-0.3, -0.25) is 14.4 Å². The fourth-order valence-electron chi connectivity index (χ4n) is 7.83. The molecular formula is C31H37NO12. The molecule has 5 aliphatic rings. The van der Waals surface area contributed by atoms with Gasteiger partial charge >= 0.3 is 23.9 Å². The van der Waals surface area contributed by atoms with Crippen LogP contribution in [-0.2, 0) is 59.4 Å². The first-order chi connectivity index (χ1) is 21.0. The van der Waals surface area contributed by atoms with Crippen molar-refractivity contribution in [1.82, 2.24) is 4.90 Å². The van der Waals surface area contributed by atoms with Crippen molar-refractivity contribution in [2.75, 3.05) is 27.8 Å². The first kappa shape index (κ1) is 30.4. The quantitative estimate of drug-likeness (QED) is 0.246. The molecule has 3 heterocycles. The third-order valence-corrected chi connectivity index (χ3v) is 9.46. The van der Waals surface area contributed by atoms with Crippen molar-refractivity contribution >= 4 is 23.9 Å². The minimum atomic E-state index is -1.56. The maximum absolute atomic E-state index is 12.9. The SMILES string of the molecule is COC(=O)[C@H]1O[C@H](O[C@H]2C=C[C@H]3[C@H]4Cc5ccc(OC)c6c5[C@@]3(CCN4C)[C@H]2O6)[C@H](OC(C)=O)[C@@H](OC(C)=O)[C@@H]1OC(C)=O. The average molecular weight is 616 g/mol. The van der Waals surface area contributed by atoms with E-state index in [-0.39, 0.29) is 12.0 Å². The van der Waals surface area contributed by atoms with Gasteiger partial charge in [-0.2, -0.15) is 0 Å². The molecule has 2 bridgehead atoms. The number of likely N-dealkylation sites (N-methyl/N-ethyl adjacent to an activating group) is 1. The molecule has 3 aliphatic heterocycles. The number of hydrogen-bond acceptors (Lipinski definition) is 13. The number of likely N-dealkylation sites (tertiary alicyclic amines) is 1. The minimum absolute atomic E-state index is 0.133. The third kappa shape index (κ3) is 4.72. The van der Waals surface area contributed by atoms with E-state index in [2.05, 4.69) is 24.1 Å². The molecule has 0 aromatic heterocycles. The highest BCUT2D eigenvalue weighted by Gasteiger charge is 2.65. The second-order valence-electron chi connectivity index (χ2n) is 11.9. The Bertz CT molecular complexity index is 1390. The first-order valence-corrected chi connectivity index (χ1v) is 14.7. The van der Waals surface area contributed by atoms with Crippen LogP contribution < -0.4 is 9.47 Å². The number of methoxy groups -OCH3 is 2. The number of carbonyl (C=O) groups is 4. The fourth-order valence-corrected chi connectivity index (χ4v) is 7.83. The number of ether oxygens (including phenoxy) is 8. The number of rotatable bonds is 7. The summed E-state index contributed by atoms with van der Waals surface area (Å²) in [7, 11) is 4.88. The Morgan fingerprint density at radius 1 is 0.932 bits per heavy atom. The van der Waals surface area contributed by atoms with E-state index < -0.39 is 72.2 Å². The van der Waals surface area contributed by atoms with Crippen LogP contribution in [0.4, 0.5) is 0 Å². The second-order valence-corrected chi connectivity index (χ2v) is 11.9. The second kappa shape index (κ2) is 11.4. The van der Waals surface area contributed by atoms with E-state index in [4.69, 9.17) is 37.9 Å². The summed E-state index contributed by atoms with van der Waals surface area (Å²) in [4.78, 5) is 51.9. The molecule has 1 aromatic carbocycles. The molecule has 238 valence electrons. The molecule has 2 saturated heterocycles.